The fourth-order valence-corrected chi connectivity index (χ4v) is 7.65. The topological polar surface area (TPSA) is 103 Å². The fourth-order valence-electron chi connectivity index (χ4n) is 7.65. The summed E-state index contributed by atoms with van der Waals surface area (Å²) in [5.41, 5.74) is 10.8. The molecule has 2 aromatic rings. The van der Waals surface area contributed by atoms with Gasteiger partial charge in [0, 0.05) is 0 Å². The van der Waals surface area contributed by atoms with Crippen LogP contribution < -0.4 is 20.7 Å². The fraction of sp³-hybridized carbons (Fsp3) is 0.500. The van der Waals surface area contributed by atoms with Crippen molar-refractivity contribution in [1.29, 1.82) is 0 Å². The SMILES string of the molecule is CCc1c2[n-]c(c1C)/C=C1\[N-]C(=C(C)[C@H]1CC)/C=C1\[N-]C(C3=c4[n-]/c(c(C)c4[C@@H](O)[C@@H]3C(=O)OC)=C\2)[C@@H](CC)[C@@H]1C.[Mg+2]. The smallest absolute Gasteiger partial charge is 0.681 e. The number of esters is 1. The maximum absolute atomic E-state index is 13.2. The van der Waals surface area contributed by atoms with Gasteiger partial charge in [0.05, 0.1) is 13.2 Å². The first kappa shape index (κ1) is 30.8. The van der Waals surface area contributed by atoms with Gasteiger partial charge in [-0.15, -0.1) is 27.8 Å². The summed E-state index contributed by atoms with van der Waals surface area (Å²) >= 11 is 0. The third-order valence-electron chi connectivity index (χ3n) is 10.1. The number of aromatic nitrogens is 2. The Balaban J connectivity index is 0.00000353. The van der Waals surface area contributed by atoms with Gasteiger partial charge < -0.3 is 30.4 Å². The molecule has 218 valence electrons. The van der Waals surface area contributed by atoms with E-state index in [1.54, 1.807) is 0 Å². The number of aliphatic hydroxyl groups is 1. The molecule has 1 N–H and O–H groups in total. The van der Waals surface area contributed by atoms with Gasteiger partial charge in [-0.1, -0.05) is 86.2 Å². The van der Waals surface area contributed by atoms with E-state index in [-0.39, 0.29) is 46.8 Å². The van der Waals surface area contributed by atoms with E-state index in [0.717, 1.165) is 69.8 Å². The van der Waals surface area contributed by atoms with Gasteiger partial charge in [-0.2, -0.15) is 11.4 Å². The van der Waals surface area contributed by atoms with Gasteiger partial charge in [0.2, 0.25) is 0 Å². The number of ether oxygens (including phenoxy) is 1. The molecule has 2 aromatic heterocycles. The number of hydrogen-bond acceptors (Lipinski definition) is 3. The summed E-state index contributed by atoms with van der Waals surface area (Å²) in [6.07, 6.45) is 8.00. The number of carbonyl (C=O) groups excluding carboxylic acids is 1. The van der Waals surface area contributed by atoms with Crippen molar-refractivity contribution in [1.82, 2.24) is 9.97 Å². The third-order valence-corrected chi connectivity index (χ3v) is 10.1. The Hall–Kier alpha value is -2.68. The Morgan fingerprint density at radius 3 is 2.36 bits per heavy atom. The summed E-state index contributed by atoms with van der Waals surface area (Å²) in [7, 11) is 1.38. The first-order chi connectivity index (χ1) is 19.6. The van der Waals surface area contributed by atoms with E-state index in [1.165, 1.54) is 18.2 Å². The summed E-state index contributed by atoms with van der Waals surface area (Å²) in [5, 5.41) is 23.5. The molecule has 8 bridgehead atoms. The average Bonchev–Trinajstić information content (AvgIpc) is 3.69. The van der Waals surface area contributed by atoms with Crippen LogP contribution in [0.15, 0.2) is 28.7 Å². The van der Waals surface area contributed by atoms with Gasteiger partial charge >= 0.3 is 29.0 Å². The van der Waals surface area contributed by atoms with Crippen molar-refractivity contribution in [3.63, 3.8) is 0 Å². The molecule has 0 amide bonds. The van der Waals surface area contributed by atoms with Crippen LogP contribution in [0.25, 0.3) is 28.4 Å². The van der Waals surface area contributed by atoms with Crippen LogP contribution in [-0.4, -0.2) is 47.3 Å². The van der Waals surface area contributed by atoms with Crippen LogP contribution in [0, 0.1) is 37.5 Å². The summed E-state index contributed by atoms with van der Waals surface area (Å²) in [6, 6.07) is -0.285. The largest absolute Gasteiger partial charge is 2.00 e. The van der Waals surface area contributed by atoms with Crippen LogP contribution in [0.4, 0.5) is 0 Å². The number of nitrogens with zero attached hydrogens (tertiary/aromatic N) is 4. The standard InChI is InChI=1S/C34H40N4O3.Mg/c1-9-19-15(4)22-12-24-17(6)21(11-3)31(37-24)29-30(34(40)41-8)33(39)28-18(7)25(38-32(28)29)14-27-20(10-2)16(5)23(36-27)13-26(19)35-22;/h12-14,17,19,21,30-31,33,39H,9-11H2,1-8H3;/q-4;+2/b24-12-,25-14-,26-13-;/t17-,19+,21-,30+,31?,33+;/m0./s1. The van der Waals surface area contributed by atoms with Crippen LogP contribution in [0.5, 0.6) is 0 Å². The normalized spacial score (nSPS) is 30.9. The summed E-state index contributed by atoms with van der Waals surface area (Å²) in [4.78, 5) is 23.4. The van der Waals surface area contributed by atoms with E-state index in [9.17, 15) is 9.90 Å². The van der Waals surface area contributed by atoms with Crippen LogP contribution in [0.3, 0.4) is 0 Å². The maximum Gasteiger partial charge on any atom is 2.00 e. The Labute approximate surface area is 264 Å². The molecule has 1 aliphatic carbocycles. The van der Waals surface area contributed by atoms with Crippen LogP contribution >= 0.6 is 0 Å². The van der Waals surface area contributed by atoms with Crippen molar-refractivity contribution in [2.75, 3.05) is 7.11 Å². The first-order valence-corrected chi connectivity index (χ1v) is 15.0. The summed E-state index contributed by atoms with van der Waals surface area (Å²) in [5.74, 6) is -0.726. The molecule has 5 heterocycles. The Bertz CT molecular complexity index is 1660. The maximum atomic E-state index is 13.2. The molecular weight excluding hydrogens is 537 g/mol. The van der Waals surface area contributed by atoms with Crippen molar-refractivity contribution in [3.05, 3.63) is 83.7 Å². The zero-order valence-electron chi connectivity index (χ0n) is 26.1. The van der Waals surface area contributed by atoms with Crippen molar-refractivity contribution in [3.8, 4) is 0 Å². The van der Waals surface area contributed by atoms with Crippen LogP contribution in [0.1, 0.15) is 87.2 Å². The second-order valence-corrected chi connectivity index (χ2v) is 12.0. The molecule has 8 heteroatoms. The monoisotopic (exact) mass is 576 g/mol. The molecule has 6 rings (SSSR count). The zero-order chi connectivity index (χ0) is 29.3. The molecule has 6 atom stereocenters. The van der Waals surface area contributed by atoms with Gasteiger partial charge in [-0.25, -0.2) is 0 Å². The number of aliphatic hydroxyl groups excluding tert-OH is 1. The van der Waals surface area contributed by atoms with E-state index >= 15 is 0 Å². The number of hydrogen-bond donors (Lipinski definition) is 1. The van der Waals surface area contributed by atoms with E-state index < -0.39 is 18.0 Å². The van der Waals surface area contributed by atoms with Crippen molar-refractivity contribution < 1.29 is 14.6 Å². The number of methoxy groups -OCH3 is 1. The minimum absolute atomic E-state index is 0. The molecule has 42 heavy (non-hydrogen) atoms. The predicted octanol–water partition coefficient (Wildman–Crippen LogP) is 4.56. The van der Waals surface area contributed by atoms with E-state index in [1.807, 2.05) is 13.0 Å². The quantitative estimate of drug-likeness (QED) is 0.425. The molecule has 0 spiro atoms. The molecule has 4 aliphatic rings. The Morgan fingerprint density at radius 1 is 0.976 bits per heavy atom. The minimum Gasteiger partial charge on any atom is -0.681 e. The number of allylic oxidation sites excluding steroid dienone is 3. The van der Waals surface area contributed by atoms with Gasteiger partial charge in [-0.05, 0) is 56.9 Å². The number of rotatable bonds is 4. The van der Waals surface area contributed by atoms with E-state index in [0.29, 0.717) is 10.9 Å². The molecule has 0 aromatic carbocycles. The number of carbonyl (C=O) groups is 1. The second kappa shape index (κ2) is 11.4. The Morgan fingerprint density at radius 2 is 1.71 bits per heavy atom. The summed E-state index contributed by atoms with van der Waals surface area (Å²) < 4.78 is 5.23. The molecular formula is C34H40MgN4O3-2. The second-order valence-electron chi connectivity index (χ2n) is 12.0. The molecule has 7 nitrogen and oxygen atoms in total. The molecule has 3 aliphatic heterocycles. The molecule has 1 unspecified atom stereocenters. The van der Waals surface area contributed by atoms with E-state index in [4.69, 9.17) is 25.3 Å². The van der Waals surface area contributed by atoms with Gasteiger partial charge in [0.15, 0.2) is 0 Å². The minimum atomic E-state index is -1.03. The Kier molecular flexibility index (Phi) is 8.37. The molecule has 1 fully saturated rings. The average molecular weight is 577 g/mol. The first-order valence-electron chi connectivity index (χ1n) is 15.0. The van der Waals surface area contributed by atoms with Gasteiger partial charge in [0.25, 0.3) is 0 Å². The van der Waals surface area contributed by atoms with Crippen LogP contribution in [0.2, 0.25) is 0 Å². The molecule has 1 saturated heterocycles. The van der Waals surface area contributed by atoms with Crippen LogP contribution in [-0.2, 0) is 16.0 Å². The number of fused-ring (bicyclic) bond motifs is 8. The van der Waals surface area contributed by atoms with Crippen molar-refractivity contribution >= 4 is 46.7 Å². The zero-order valence-corrected chi connectivity index (χ0v) is 27.5. The van der Waals surface area contributed by atoms with Gasteiger partial charge in [-0.3, -0.25) is 4.79 Å². The van der Waals surface area contributed by atoms with Gasteiger partial charge in [0.1, 0.15) is 5.92 Å². The van der Waals surface area contributed by atoms with E-state index in [2.05, 4.69) is 53.7 Å². The predicted molar refractivity (Wildman–Crippen MR) is 167 cm³/mol. The third kappa shape index (κ3) is 4.44. The van der Waals surface area contributed by atoms with Crippen molar-refractivity contribution in [2.24, 2.45) is 23.7 Å². The van der Waals surface area contributed by atoms with Crippen molar-refractivity contribution in [2.45, 2.75) is 79.9 Å². The summed E-state index contributed by atoms with van der Waals surface area (Å²) in [6.45, 7) is 15.0. The molecule has 0 radical (unpaired) electrons. The molecule has 0 saturated carbocycles.